The second-order valence-corrected chi connectivity index (χ2v) is 7.16. The van der Waals surface area contributed by atoms with E-state index in [1.54, 1.807) is 12.1 Å². The highest BCUT2D eigenvalue weighted by Crippen LogP contribution is 2.40. The average molecular weight is 318 g/mol. The highest BCUT2D eigenvalue weighted by molar-refractivity contribution is 5.88. The van der Waals surface area contributed by atoms with E-state index in [9.17, 15) is 9.18 Å². The zero-order valence-electron chi connectivity index (χ0n) is 13.7. The van der Waals surface area contributed by atoms with Crippen LogP contribution in [-0.2, 0) is 10.2 Å². The lowest BCUT2D eigenvalue weighted by atomic mass is 9.68. The molecule has 0 spiro atoms. The predicted octanol–water partition coefficient (Wildman–Crippen LogP) is 3.27. The molecular weight excluding hydrogens is 291 g/mol. The number of halogens is 1. The minimum Gasteiger partial charge on any atom is -0.352 e. The molecule has 3 N–H and O–H groups in total. The summed E-state index contributed by atoms with van der Waals surface area (Å²) in [5.41, 5.74) is 6.10. The SMILES string of the molecule is NCC1CCCC1NC(=O)C1(c2cccc(F)c2)CCCCC1. The molecular formula is C19H27FN2O. The number of carbonyl (C=O) groups is 1. The Morgan fingerprint density at radius 2 is 2.00 bits per heavy atom. The fourth-order valence-electron chi connectivity index (χ4n) is 4.40. The van der Waals surface area contributed by atoms with E-state index in [1.807, 2.05) is 6.07 Å². The molecule has 2 saturated carbocycles. The Bertz CT molecular complexity index is 554. The van der Waals surface area contributed by atoms with Crippen LogP contribution in [0.15, 0.2) is 24.3 Å². The fourth-order valence-corrected chi connectivity index (χ4v) is 4.40. The summed E-state index contributed by atoms with van der Waals surface area (Å²) in [5, 5.41) is 3.27. The maximum Gasteiger partial charge on any atom is 0.230 e. The molecule has 0 aromatic heterocycles. The van der Waals surface area contributed by atoms with Crippen molar-refractivity contribution in [2.75, 3.05) is 6.54 Å². The van der Waals surface area contributed by atoms with Gasteiger partial charge < -0.3 is 11.1 Å². The Balaban J connectivity index is 1.85. The van der Waals surface area contributed by atoms with E-state index in [1.165, 1.54) is 6.07 Å². The Labute approximate surface area is 137 Å². The molecule has 0 bridgehead atoms. The van der Waals surface area contributed by atoms with Gasteiger partial charge in [-0.3, -0.25) is 4.79 Å². The van der Waals surface area contributed by atoms with Gasteiger partial charge in [-0.15, -0.1) is 0 Å². The lowest BCUT2D eigenvalue weighted by Crippen LogP contribution is -2.51. The quantitative estimate of drug-likeness (QED) is 0.895. The van der Waals surface area contributed by atoms with Gasteiger partial charge in [0.15, 0.2) is 0 Å². The second-order valence-electron chi connectivity index (χ2n) is 7.16. The van der Waals surface area contributed by atoms with Gasteiger partial charge in [-0.05, 0) is 55.8 Å². The summed E-state index contributed by atoms with van der Waals surface area (Å²) in [6.45, 7) is 0.623. The molecule has 0 radical (unpaired) electrons. The molecule has 2 atom stereocenters. The van der Waals surface area contributed by atoms with E-state index in [-0.39, 0.29) is 17.8 Å². The van der Waals surface area contributed by atoms with Gasteiger partial charge in [0, 0.05) is 6.04 Å². The summed E-state index contributed by atoms with van der Waals surface area (Å²) >= 11 is 0. The van der Waals surface area contributed by atoms with Crippen molar-refractivity contribution < 1.29 is 9.18 Å². The van der Waals surface area contributed by atoms with Gasteiger partial charge in [-0.2, -0.15) is 0 Å². The summed E-state index contributed by atoms with van der Waals surface area (Å²) in [5.74, 6) is 0.196. The highest BCUT2D eigenvalue weighted by Gasteiger charge is 2.43. The van der Waals surface area contributed by atoms with Gasteiger partial charge in [0.25, 0.3) is 0 Å². The van der Waals surface area contributed by atoms with Crippen LogP contribution in [0.5, 0.6) is 0 Å². The van der Waals surface area contributed by atoms with E-state index < -0.39 is 5.41 Å². The number of amides is 1. The molecule has 1 aromatic carbocycles. The van der Waals surface area contributed by atoms with Crippen LogP contribution in [0.3, 0.4) is 0 Å². The Morgan fingerprint density at radius 1 is 1.22 bits per heavy atom. The Kier molecular flexibility index (Phi) is 5.00. The standard InChI is InChI=1S/C19H27FN2O/c20-16-8-5-7-15(12-16)19(10-2-1-3-11-19)18(23)22-17-9-4-6-14(17)13-21/h5,7-8,12,14,17H,1-4,6,9-11,13,21H2,(H,22,23). The minimum absolute atomic E-state index is 0.0770. The zero-order chi connectivity index (χ0) is 16.3. The van der Waals surface area contributed by atoms with Crippen LogP contribution in [-0.4, -0.2) is 18.5 Å². The van der Waals surface area contributed by atoms with E-state index in [0.29, 0.717) is 12.5 Å². The smallest absolute Gasteiger partial charge is 0.230 e. The van der Waals surface area contributed by atoms with E-state index in [0.717, 1.165) is 56.9 Å². The lowest BCUT2D eigenvalue weighted by Gasteiger charge is -2.38. The lowest BCUT2D eigenvalue weighted by molar-refractivity contribution is -0.129. The average Bonchev–Trinajstić information content (AvgIpc) is 3.02. The van der Waals surface area contributed by atoms with Crippen LogP contribution in [0.2, 0.25) is 0 Å². The molecule has 1 aromatic rings. The van der Waals surface area contributed by atoms with Crippen molar-refractivity contribution in [1.29, 1.82) is 0 Å². The summed E-state index contributed by atoms with van der Waals surface area (Å²) in [6.07, 6.45) is 8.04. The molecule has 0 aliphatic heterocycles. The third-order valence-corrected chi connectivity index (χ3v) is 5.80. The Morgan fingerprint density at radius 3 is 2.70 bits per heavy atom. The first-order valence-electron chi connectivity index (χ1n) is 8.93. The van der Waals surface area contributed by atoms with Crippen molar-refractivity contribution in [1.82, 2.24) is 5.32 Å². The number of rotatable bonds is 4. The first kappa shape index (κ1) is 16.4. The maximum absolute atomic E-state index is 13.7. The first-order valence-corrected chi connectivity index (χ1v) is 8.93. The van der Waals surface area contributed by atoms with Crippen LogP contribution < -0.4 is 11.1 Å². The molecule has 2 fully saturated rings. The van der Waals surface area contributed by atoms with Gasteiger partial charge in [0.1, 0.15) is 5.82 Å². The molecule has 126 valence electrons. The largest absolute Gasteiger partial charge is 0.352 e. The van der Waals surface area contributed by atoms with Gasteiger partial charge in [0.05, 0.1) is 5.41 Å². The van der Waals surface area contributed by atoms with Crippen molar-refractivity contribution in [3.63, 3.8) is 0 Å². The minimum atomic E-state index is -0.567. The van der Waals surface area contributed by atoms with Crippen molar-refractivity contribution >= 4 is 5.91 Å². The molecule has 4 heteroatoms. The number of carbonyl (C=O) groups excluding carboxylic acids is 1. The van der Waals surface area contributed by atoms with Crippen molar-refractivity contribution in [2.24, 2.45) is 11.7 Å². The van der Waals surface area contributed by atoms with Crippen LogP contribution in [0.25, 0.3) is 0 Å². The fraction of sp³-hybridized carbons (Fsp3) is 0.632. The molecule has 2 unspecified atom stereocenters. The molecule has 0 saturated heterocycles. The summed E-state index contributed by atoms with van der Waals surface area (Å²) in [6, 6.07) is 6.79. The van der Waals surface area contributed by atoms with Crippen LogP contribution in [0, 0.1) is 11.7 Å². The molecule has 2 aliphatic rings. The normalized spacial score (nSPS) is 26.9. The van der Waals surface area contributed by atoms with Gasteiger partial charge in [0.2, 0.25) is 5.91 Å². The third-order valence-electron chi connectivity index (χ3n) is 5.80. The van der Waals surface area contributed by atoms with Crippen LogP contribution in [0.1, 0.15) is 56.9 Å². The maximum atomic E-state index is 13.7. The molecule has 1 amide bonds. The molecule has 3 rings (SSSR count). The number of nitrogens with two attached hydrogens (primary N) is 1. The summed E-state index contributed by atoms with van der Waals surface area (Å²) in [4.78, 5) is 13.2. The third kappa shape index (κ3) is 3.27. The number of hydrogen-bond acceptors (Lipinski definition) is 2. The van der Waals surface area contributed by atoms with Crippen molar-refractivity contribution in [3.8, 4) is 0 Å². The van der Waals surface area contributed by atoms with E-state index >= 15 is 0 Å². The highest BCUT2D eigenvalue weighted by atomic mass is 19.1. The first-order chi connectivity index (χ1) is 11.2. The number of nitrogens with one attached hydrogen (secondary N) is 1. The van der Waals surface area contributed by atoms with Gasteiger partial charge in [-0.25, -0.2) is 4.39 Å². The van der Waals surface area contributed by atoms with Crippen LogP contribution >= 0.6 is 0 Å². The molecule has 2 aliphatic carbocycles. The van der Waals surface area contributed by atoms with Crippen LogP contribution in [0.4, 0.5) is 4.39 Å². The monoisotopic (exact) mass is 318 g/mol. The van der Waals surface area contributed by atoms with Crippen molar-refractivity contribution in [2.45, 2.75) is 62.8 Å². The Hall–Kier alpha value is -1.42. The summed E-state index contributed by atoms with van der Waals surface area (Å²) < 4.78 is 13.7. The second kappa shape index (κ2) is 7.00. The molecule has 23 heavy (non-hydrogen) atoms. The zero-order valence-corrected chi connectivity index (χ0v) is 13.7. The van der Waals surface area contributed by atoms with E-state index in [4.69, 9.17) is 5.73 Å². The van der Waals surface area contributed by atoms with Gasteiger partial charge in [-0.1, -0.05) is 37.8 Å². The number of hydrogen-bond donors (Lipinski definition) is 2. The predicted molar refractivity (Wildman–Crippen MR) is 89.5 cm³/mol. The molecule has 3 nitrogen and oxygen atoms in total. The van der Waals surface area contributed by atoms with Gasteiger partial charge >= 0.3 is 0 Å². The number of benzene rings is 1. The van der Waals surface area contributed by atoms with Crippen molar-refractivity contribution in [3.05, 3.63) is 35.6 Å². The summed E-state index contributed by atoms with van der Waals surface area (Å²) in [7, 11) is 0. The topological polar surface area (TPSA) is 55.1 Å². The van der Waals surface area contributed by atoms with E-state index in [2.05, 4.69) is 5.32 Å². The molecule has 0 heterocycles.